The molecule has 7 heteroatoms. The third-order valence-corrected chi connectivity index (χ3v) is 3.44. The lowest BCUT2D eigenvalue weighted by atomic mass is 10.1. The summed E-state index contributed by atoms with van der Waals surface area (Å²) >= 11 is 7.30. The van der Waals surface area contributed by atoms with Crippen molar-refractivity contribution < 1.29 is 8.91 Å². The highest BCUT2D eigenvalue weighted by atomic mass is 35.5. The summed E-state index contributed by atoms with van der Waals surface area (Å²) in [6.45, 7) is 0. The molecule has 0 spiro atoms. The van der Waals surface area contributed by atoms with Crippen molar-refractivity contribution in [2.24, 2.45) is 0 Å². The van der Waals surface area contributed by atoms with Crippen LogP contribution < -0.4 is 0 Å². The highest BCUT2D eigenvalue weighted by Crippen LogP contribution is 2.21. The van der Waals surface area contributed by atoms with Crippen molar-refractivity contribution >= 4 is 23.4 Å². The number of thioether (sulfide) groups is 1. The van der Waals surface area contributed by atoms with Gasteiger partial charge in [-0.05, 0) is 12.1 Å². The normalized spacial score (nSPS) is 10.4. The van der Waals surface area contributed by atoms with Crippen LogP contribution in [0.4, 0.5) is 4.39 Å². The first-order valence-electron chi connectivity index (χ1n) is 5.39. The van der Waals surface area contributed by atoms with E-state index in [0.29, 0.717) is 33.8 Å². The Balaban J connectivity index is 2.06. The van der Waals surface area contributed by atoms with Crippen LogP contribution in [0.5, 0.6) is 0 Å². The molecule has 0 bridgehead atoms. The maximum atomic E-state index is 13.6. The summed E-state index contributed by atoms with van der Waals surface area (Å²) in [7, 11) is 0. The van der Waals surface area contributed by atoms with Crippen LogP contribution in [-0.4, -0.2) is 15.9 Å². The molecule has 0 aliphatic carbocycles. The second-order valence-corrected chi connectivity index (χ2v) is 5.03. The minimum absolute atomic E-state index is 0.178. The number of hydrogen-bond acceptors (Lipinski definition) is 5. The number of hydrogen-bond donors (Lipinski definition) is 0. The van der Waals surface area contributed by atoms with E-state index in [4.69, 9.17) is 21.4 Å². The predicted molar refractivity (Wildman–Crippen MR) is 70.3 cm³/mol. The Labute approximate surface area is 118 Å². The highest BCUT2D eigenvalue weighted by Gasteiger charge is 2.12. The minimum Gasteiger partial charge on any atom is -0.338 e. The van der Waals surface area contributed by atoms with Gasteiger partial charge in [0.05, 0.1) is 17.6 Å². The molecule has 0 atom stereocenters. The van der Waals surface area contributed by atoms with Gasteiger partial charge in [-0.15, -0.1) is 11.8 Å². The van der Waals surface area contributed by atoms with Gasteiger partial charge in [0.15, 0.2) is 5.82 Å². The number of rotatable bonds is 5. The first-order valence-corrected chi connectivity index (χ1v) is 6.93. The van der Waals surface area contributed by atoms with Crippen LogP contribution in [0.25, 0.3) is 0 Å². The van der Waals surface area contributed by atoms with Crippen molar-refractivity contribution in [3.63, 3.8) is 0 Å². The molecule has 2 aromatic rings. The Morgan fingerprint density at radius 2 is 2.32 bits per heavy atom. The van der Waals surface area contributed by atoms with Gasteiger partial charge in [-0.2, -0.15) is 10.2 Å². The van der Waals surface area contributed by atoms with Gasteiger partial charge in [0.2, 0.25) is 5.89 Å². The summed E-state index contributed by atoms with van der Waals surface area (Å²) in [5.74, 6) is 1.22. The maximum absolute atomic E-state index is 13.6. The van der Waals surface area contributed by atoms with Gasteiger partial charge in [-0.25, -0.2) is 4.39 Å². The lowest BCUT2D eigenvalue weighted by Gasteiger charge is -2.01. The molecular formula is C12H9ClFN3OS. The maximum Gasteiger partial charge on any atom is 0.236 e. The van der Waals surface area contributed by atoms with E-state index in [1.165, 1.54) is 17.8 Å². The molecule has 1 heterocycles. The molecule has 0 aliphatic rings. The van der Waals surface area contributed by atoms with E-state index in [0.717, 1.165) is 0 Å². The van der Waals surface area contributed by atoms with Crippen LogP contribution >= 0.6 is 23.4 Å². The zero-order chi connectivity index (χ0) is 13.7. The van der Waals surface area contributed by atoms with Crippen LogP contribution in [0.2, 0.25) is 5.02 Å². The van der Waals surface area contributed by atoms with Gasteiger partial charge >= 0.3 is 0 Å². The number of aromatic nitrogens is 2. The molecule has 19 heavy (non-hydrogen) atoms. The second-order valence-electron chi connectivity index (χ2n) is 3.63. The molecular weight excluding hydrogens is 289 g/mol. The summed E-state index contributed by atoms with van der Waals surface area (Å²) in [6, 6.07) is 6.50. The first-order chi connectivity index (χ1) is 9.20. The Morgan fingerprint density at radius 3 is 3.05 bits per heavy atom. The average molecular weight is 298 g/mol. The summed E-state index contributed by atoms with van der Waals surface area (Å²) in [4.78, 5) is 4.13. The smallest absolute Gasteiger partial charge is 0.236 e. The summed E-state index contributed by atoms with van der Waals surface area (Å²) in [5.41, 5.74) is 0.348. The standard InChI is InChI=1S/C12H9ClFN3OS/c13-9-2-1-3-10(14)8(9)6-11-16-12(18-17-11)7-19-5-4-15/h1-3H,5-7H2. The van der Waals surface area contributed by atoms with Crippen molar-refractivity contribution in [3.05, 3.63) is 46.3 Å². The summed E-state index contributed by atoms with van der Waals surface area (Å²) in [6.07, 6.45) is 0.178. The Bertz CT molecular complexity index is 591. The Morgan fingerprint density at radius 1 is 1.47 bits per heavy atom. The molecule has 1 aromatic heterocycles. The molecule has 0 fully saturated rings. The van der Waals surface area contributed by atoms with Crippen LogP contribution in [0, 0.1) is 17.1 Å². The lowest BCUT2D eigenvalue weighted by molar-refractivity contribution is 0.385. The second kappa shape index (κ2) is 6.55. The Kier molecular flexibility index (Phi) is 4.77. The molecule has 98 valence electrons. The van der Waals surface area contributed by atoms with Gasteiger partial charge in [0.25, 0.3) is 0 Å². The van der Waals surface area contributed by atoms with E-state index in [-0.39, 0.29) is 6.42 Å². The predicted octanol–water partition coefficient (Wildman–Crippen LogP) is 3.21. The van der Waals surface area contributed by atoms with Crippen molar-refractivity contribution in [2.45, 2.75) is 12.2 Å². The van der Waals surface area contributed by atoms with Crippen molar-refractivity contribution in [3.8, 4) is 6.07 Å². The molecule has 0 radical (unpaired) electrons. The van der Waals surface area contributed by atoms with Gasteiger partial charge in [0, 0.05) is 17.0 Å². The van der Waals surface area contributed by atoms with E-state index >= 15 is 0 Å². The SMILES string of the molecule is N#CCSCc1nc(Cc2c(F)cccc2Cl)no1. The Hall–Kier alpha value is -1.58. The van der Waals surface area contributed by atoms with E-state index in [1.54, 1.807) is 12.1 Å². The zero-order valence-electron chi connectivity index (χ0n) is 9.77. The van der Waals surface area contributed by atoms with E-state index in [2.05, 4.69) is 10.1 Å². The fraction of sp³-hybridized carbons (Fsp3) is 0.250. The van der Waals surface area contributed by atoms with E-state index < -0.39 is 5.82 Å². The van der Waals surface area contributed by atoms with Crippen LogP contribution in [-0.2, 0) is 12.2 Å². The van der Waals surface area contributed by atoms with Gasteiger partial charge < -0.3 is 4.52 Å². The summed E-state index contributed by atoms with van der Waals surface area (Å²) in [5, 5.41) is 12.5. The van der Waals surface area contributed by atoms with E-state index in [1.807, 2.05) is 6.07 Å². The number of nitrogens with zero attached hydrogens (tertiary/aromatic N) is 3. The first kappa shape index (κ1) is 13.8. The number of nitriles is 1. The molecule has 1 aromatic carbocycles. The van der Waals surface area contributed by atoms with Crippen molar-refractivity contribution in [1.29, 1.82) is 5.26 Å². The van der Waals surface area contributed by atoms with Gasteiger partial charge in [-0.3, -0.25) is 0 Å². The van der Waals surface area contributed by atoms with Crippen molar-refractivity contribution in [2.75, 3.05) is 5.75 Å². The number of benzene rings is 1. The molecule has 0 saturated carbocycles. The lowest BCUT2D eigenvalue weighted by Crippen LogP contribution is -1.96. The third kappa shape index (κ3) is 3.69. The fourth-order valence-electron chi connectivity index (χ4n) is 1.46. The molecule has 0 aliphatic heterocycles. The largest absolute Gasteiger partial charge is 0.338 e. The topological polar surface area (TPSA) is 62.7 Å². The fourth-order valence-corrected chi connectivity index (χ4v) is 2.18. The highest BCUT2D eigenvalue weighted by molar-refractivity contribution is 7.98. The summed E-state index contributed by atoms with van der Waals surface area (Å²) < 4.78 is 18.6. The average Bonchev–Trinajstić information content (AvgIpc) is 2.82. The molecule has 2 rings (SSSR count). The zero-order valence-corrected chi connectivity index (χ0v) is 11.3. The molecule has 0 saturated heterocycles. The molecule has 0 N–H and O–H groups in total. The monoisotopic (exact) mass is 297 g/mol. The van der Waals surface area contributed by atoms with E-state index in [9.17, 15) is 4.39 Å². The molecule has 4 nitrogen and oxygen atoms in total. The van der Waals surface area contributed by atoms with Gasteiger partial charge in [0.1, 0.15) is 5.82 Å². The van der Waals surface area contributed by atoms with Crippen LogP contribution in [0.15, 0.2) is 22.7 Å². The molecule has 0 amide bonds. The third-order valence-electron chi connectivity index (χ3n) is 2.30. The molecule has 0 unspecified atom stereocenters. The van der Waals surface area contributed by atoms with Crippen LogP contribution in [0.1, 0.15) is 17.3 Å². The van der Waals surface area contributed by atoms with Gasteiger partial charge in [-0.1, -0.05) is 22.8 Å². The minimum atomic E-state index is -0.391. The number of halogens is 2. The van der Waals surface area contributed by atoms with Crippen LogP contribution in [0.3, 0.4) is 0 Å². The quantitative estimate of drug-likeness (QED) is 0.793. The van der Waals surface area contributed by atoms with Crippen molar-refractivity contribution in [1.82, 2.24) is 10.1 Å².